The van der Waals surface area contributed by atoms with Gasteiger partial charge in [0.25, 0.3) is 5.91 Å². The Morgan fingerprint density at radius 3 is 2.83 bits per heavy atom. The van der Waals surface area contributed by atoms with Gasteiger partial charge in [-0.05, 0) is 36.4 Å². The molecule has 3 rings (SSSR count). The maximum absolute atomic E-state index is 12.5. The van der Waals surface area contributed by atoms with Crippen LogP contribution in [0.1, 0.15) is 38.0 Å². The topological polar surface area (TPSA) is 41.6 Å². The number of amides is 1. The summed E-state index contributed by atoms with van der Waals surface area (Å²) in [7, 11) is 0. The highest BCUT2D eigenvalue weighted by molar-refractivity contribution is 7.14. The highest BCUT2D eigenvalue weighted by Crippen LogP contribution is 2.26. The standard InChI is InChI=1S/C18H24N2O2S2/c1-3-14-11-17(24-13(14)2)18(21)19-12-15(16-5-4-10-23-16)20-6-8-22-9-7-20/h4-5,10-11,15H,3,6-9,12H2,1-2H3,(H,19,21)/t15-/m1/s1. The second-order valence-corrected chi connectivity index (χ2v) is 8.17. The molecule has 1 aliphatic heterocycles. The van der Waals surface area contributed by atoms with E-state index in [-0.39, 0.29) is 11.9 Å². The highest BCUT2D eigenvalue weighted by atomic mass is 32.1. The number of rotatable bonds is 6. The van der Waals surface area contributed by atoms with Crippen molar-refractivity contribution in [1.82, 2.24) is 10.2 Å². The van der Waals surface area contributed by atoms with Gasteiger partial charge in [0.1, 0.15) is 0 Å². The molecule has 1 saturated heterocycles. The molecule has 2 aromatic rings. The van der Waals surface area contributed by atoms with Gasteiger partial charge in [-0.2, -0.15) is 0 Å². The van der Waals surface area contributed by atoms with Gasteiger partial charge in [-0.3, -0.25) is 9.69 Å². The quantitative estimate of drug-likeness (QED) is 0.853. The summed E-state index contributed by atoms with van der Waals surface area (Å²) < 4.78 is 5.47. The molecule has 130 valence electrons. The van der Waals surface area contributed by atoms with Crippen LogP contribution in [-0.4, -0.2) is 43.7 Å². The number of carbonyl (C=O) groups excluding carboxylic acids is 1. The first-order valence-electron chi connectivity index (χ1n) is 8.41. The minimum absolute atomic E-state index is 0.0395. The first kappa shape index (κ1) is 17.6. The van der Waals surface area contributed by atoms with E-state index in [0.29, 0.717) is 6.54 Å². The minimum Gasteiger partial charge on any atom is -0.379 e. The van der Waals surface area contributed by atoms with Crippen molar-refractivity contribution in [3.05, 3.63) is 43.8 Å². The van der Waals surface area contributed by atoms with Gasteiger partial charge in [0.15, 0.2) is 0 Å². The van der Waals surface area contributed by atoms with Crippen LogP contribution in [-0.2, 0) is 11.2 Å². The third-order valence-electron chi connectivity index (χ3n) is 4.44. The zero-order valence-electron chi connectivity index (χ0n) is 14.2. The molecule has 0 spiro atoms. The van der Waals surface area contributed by atoms with Gasteiger partial charge < -0.3 is 10.1 Å². The fourth-order valence-electron chi connectivity index (χ4n) is 3.04. The predicted octanol–water partition coefficient (Wildman–Crippen LogP) is 3.48. The summed E-state index contributed by atoms with van der Waals surface area (Å²) in [5, 5.41) is 5.24. The number of nitrogens with zero attached hydrogens (tertiary/aromatic N) is 1. The first-order chi connectivity index (χ1) is 11.7. The third kappa shape index (κ3) is 4.06. The van der Waals surface area contributed by atoms with Gasteiger partial charge in [-0.25, -0.2) is 0 Å². The molecule has 2 aromatic heterocycles. The zero-order valence-corrected chi connectivity index (χ0v) is 15.8. The van der Waals surface area contributed by atoms with Crippen molar-refractivity contribution >= 4 is 28.6 Å². The molecule has 1 fully saturated rings. The van der Waals surface area contributed by atoms with Crippen molar-refractivity contribution in [2.45, 2.75) is 26.3 Å². The van der Waals surface area contributed by atoms with E-state index in [1.807, 2.05) is 6.07 Å². The summed E-state index contributed by atoms with van der Waals surface area (Å²) in [5.41, 5.74) is 1.27. The van der Waals surface area contributed by atoms with Crippen LogP contribution in [0.3, 0.4) is 0 Å². The van der Waals surface area contributed by atoms with Crippen LogP contribution in [0.15, 0.2) is 23.6 Å². The summed E-state index contributed by atoms with van der Waals surface area (Å²) in [4.78, 5) is 18.3. The van der Waals surface area contributed by atoms with Crippen LogP contribution in [0.25, 0.3) is 0 Å². The third-order valence-corrected chi connectivity index (χ3v) is 6.50. The van der Waals surface area contributed by atoms with Gasteiger partial charge >= 0.3 is 0 Å². The molecule has 0 aliphatic carbocycles. The van der Waals surface area contributed by atoms with Crippen molar-refractivity contribution in [3.8, 4) is 0 Å². The molecular formula is C18H24N2O2S2. The lowest BCUT2D eigenvalue weighted by molar-refractivity contribution is 0.0169. The van der Waals surface area contributed by atoms with Crippen LogP contribution in [0.4, 0.5) is 0 Å². The Morgan fingerprint density at radius 2 is 2.21 bits per heavy atom. The second kappa shape index (κ2) is 8.25. The van der Waals surface area contributed by atoms with Crippen LogP contribution >= 0.6 is 22.7 Å². The molecule has 0 unspecified atom stereocenters. The van der Waals surface area contributed by atoms with E-state index in [2.05, 4.69) is 41.6 Å². The number of nitrogens with one attached hydrogen (secondary N) is 1. The van der Waals surface area contributed by atoms with Crippen LogP contribution < -0.4 is 5.32 Å². The van der Waals surface area contributed by atoms with Gasteiger partial charge in [-0.15, -0.1) is 22.7 Å². The number of carbonyl (C=O) groups is 1. The lowest BCUT2D eigenvalue weighted by Crippen LogP contribution is -2.43. The summed E-state index contributed by atoms with van der Waals surface area (Å²) in [6.45, 7) is 8.20. The van der Waals surface area contributed by atoms with E-state index in [1.54, 1.807) is 22.7 Å². The van der Waals surface area contributed by atoms with Crippen LogP contribution in [0.2, 0.25) is 0 Å². The Kier molecular flexibility index (Phi) is 6.05. The van der Waals surface area contributed by atoms with E-state index in [1.165, 1.54) is 15.3 Å². The average Bonchev–Trinajstić information content (AvgIpc) is 3.25. The summed E-state index contributed by atoms with van der Waals surface area (Å²) >= 11 is 3.34. The van der Waals surface area contributed by atoms with E-state index >= 15 is 0 Å². The number of hydrogen-bond donors (Lipinski definition) is 1. The summed E-state index contributed by atoms with van der Waals surface area (Å²) in [6, 6.07) is 6.49. The Balaban J connectivity index is 1.67. The minimum atomic E-state index is 0.0395. The fourth-order valence-corrected chi connectivity index (χ4v) is 4.93. The number of hydrogen-bond acceptors (Lipinski definition) is 5. The molecule has 0 aromatic carbocycles. The number of aryl methyl sites for hydroxylation is 2. The van der Waals surface area contributed by atoms with Crippen molar-refractivity contribution < 1.29 is 9.53 Å². The SMILES string of the molecule is CCc1cc(C(=O)NC[C@H](c2cccs2)N2CCOCC2)sc1C. The highest BCUT2D eigenvalue weighted by Gasteiger charge is 2.24. The number of morpholine rings is 1. The van der Waals surface area contributed by atoms with E-state index in [4.69, 9.17) is 4.74 Å². The molecule has 6 heteroatoms. The Hall–Kier alpha value is -1.21. The zero-order chi connectivity index (χ0) is 16.9. The smallest absolute Gasteiger partial charge is 0.261 e. The normalized spacial score (nSPS) is 16.9. The van der Waals surface area contributed by atoms with Gasteiger partial charge in [0.2, 0.25) is 0 Å². The Labute approximate surface area is 151 Å². The van der Waals surface area contributed by atoms with Crippen molar-refractivity contribution in [2.75, 3.05) is 32.8 Å². The van der Waals surface area contributed by atoms with Crippen molar-refractivity contribution in [2.24, 2.45) is 0 Å². The molecule has 0 bridgehead atoms. The molecule has 1 aliphatic rings. The molecule has 24 heavy (non-hydrogen) atoms. The average molecular weight is 365 g/mol. The number of ether oxygens (including phenoxy) is 1. The molecule has 0 radical (unpaired) electrons. The lowest BCUT2D eigenvalue weighted by Gasteiger charge is -2.34. The molecular weight excluding hydrogens is 340 g/mol. The molecule has 1 atom stereocenters. The van der Waals surface area contributed by atoms with Gasteiger partial charge in [0.05, 0.1) is 24.1 Å². The summed E-state index contributed by atoms with van der Waals surface area (Å²) in [6.07, 6.45) is 0.973. The monoisotopic (exact) mass is 364 g/mol. The second-order valence-electron chi connectivity index (χ2n) is 5.94. The first-order valence-corrected chi connectivity index (χ1v) is 10.1. The van der Waals surface area contributed by atoms with Crippen molar-refractivity contribution in [3.63, 3.8) is 0 Å². The molecule has 1 amide bonds. The Morgan fingerprint density at radius 1 is 1.42 bits per heavy atom. The van der Waals surface area contributed by atoms with Crippen molar-refractivity contribution in [1.29, 1.82) is 0 Å². The maximum atomic E-state index is 12.5. The maximum Gasteiger partial charge on any atom is 0.261 e. The number of thiophene rings is 2. The molecule has 4 nitrogen and oxygen atoms in total. The summed E-state index contributed by atoms with van der Waals surface area (Å²) in [5.74, 6) is 0.0395. The van der Waals surface area contributed by atoms with Gasteiger partial charge in [0, 0.05) is 29.4 Å². The Bertz CT molecular complexity index is 661. The van der Waals surface area contributed by atoms with E-state index in [9.17, 15) is 4.79 Å². The van der Waals surface area contributed by atoms with Gasteiger partial charge in [-0.1, -0.05) is 13.0 Å². The molecule has 1 N–H and O–H groups in total. The largest absolute Gasteiger partial charge is 0.379 e. The van der Waals surface area contributed by atoms with Crippen LogP contribution in [0.5, 0.6) is 0 Å². The predicted molar refractivity (Wildman–Crippen MR) is 100 cm³/mol. The van der Waals surface area contributed by atoms with Crippen LogP contribution in [0, 0.1) is 6.92 Å². The molecule has 3 heterocycles. The van der Waals surface area contributed by atoms with E-state index in [0.717, 1.165) is 37.6 Å². The fraction of sp³-hybridized carbons (Fsp3) is 0.500. The molecule has 0 saturated carbocycles. The van der Waals surface area contributed by atoms with E-state index < -0.39 is 0 Å². The lowest BCUT2D eigenvalue weighted by atomic mass is 10.1.